The second-order valence-electron chi connectivity index (χ2n) is 6.53. The van der Waals surface area contributed by atoms with Crippen LogP contribution in [0.2, 0.25) is 5.02 Å². The Morgan fingerprint density at radius 1 is 0.933 bits per heavy atom. The van der Waals surface area contributed by atoms with Crippen LogP contribution in [0.15, 0.2) is 72.8 Å². The lowest BCUT2D eigenvalue weighted by molar-refractivity contribution is -0.384. The van der Waals surface area contributed by atoms with Crippen molar-refractivity contribution in [3.05, 3.63) is 105 Å². The maximum atomic E-state index is 12.8. The summed E-state index contributed by atoms with van der Waals surface area (Å²) in [6.07, 6.45) is 0. The van der Waals surface area contributed by atoms with Crippen molar-refractivity contribution in [3.8, 4) is 0 Å². The van der Waals surface area contributed by atoms with Gasteiger partial charge in [-0.15, -0.1) is 0 Å². The minimum Gasteiger partial charge on any atom is -0.345 e. The van der Waals surface area contributed by atoms with Crippen molar-refractivity contribution < 1.29 is 14.5 Å². The summed E-state index contributed by atoms with van der Waals surface area (Å²) < 4.78 is 0. The molecule has 3 rings (SSSR count). The third-order valence-corrected chi connectivity index (χ3v) is 4.80. The number of non-ortho nitro benzene ring substituents is 1. The lowest BCUT2D eigenvalue weighted by Gasteiger charge is -2.16. The van der Waals surface area contributed by atoms with Gasteiger partial charge in [-0.2, -0.15) is 0 Å². The third kappa shape index (κ3) is 4.82. The van der Waals surface area contributed by atoms with Crippen molar-refractivity contribution in [1.29, 1.82) is 0 Å². The molecule has 0 heterocycles. The molecule has 3 aromatic carbocycles. The minimum atomic E-state index is -0.653. The molecule has 1 unspecified atom stereocenters. The highest BCUT2D eigenvalue weighted by Gasteiger charge is 2.19. The van der Waals surface area contributed by atoms with Crippen LogP contribution in [-0.2, 0) is 0 Å². The molecule has 152 valence electrons. The number of amides is 2. The number of carbonyl (C=O) groups excluding carboxylic acids is 2. The monoisotopic (exact) mass is 423 g/mol. The van der Waals surface area contributed by atoms with Crippen LogP contribution in [0.25, 0.3) is 0 Å². The van der Waals surface area contributed by atoms with Gasteiger partial charge in [0.25, 0.3) is 17.5 Å². The Kier molecular flexibility index (Phi) is 6.44. The number of para-hydroxylation sites is 1. The van der Waals surface area contributed by atoms with Gasteiger partial charge in [0.1, 0.15) is 0 Å². The van der Waals surface area contributed by atoms with Crippen LogP contribution in [0.4, 0.5) is 11.4 Å². The van der Waals surface area contributed by atoms with Crippen LogP contribution in [-0.4, -0.2) is 16.7 Å². The van der Waals surface area contributed by atoms with Crippen LogP contribution in [0, 0.1) is 10.1 Å². The Balaban J connectivity index is 1.82. The van der Waals surface area contributed by atoms with E-state index in [2.05, 4.69) is 10.6 Å². The standard InChI is InChI=1S/C22H18ClN3O4/c1-14(15-7-3-2-4-8-15)24-21(27)17-9-5-6-10-20(17)25-22(28)18-13-16(26(29)30)11-12-19(18)23/h2-14H,1H3,(H,24,27)(H,25,28). The van der Waals surface area contributed by atoms with E-state index in [1.807, 2.05) is 37.3 Å². The second-order valence-corrected chi connectivity index (χ2v) is 6.93. The molecule has 8 heteroatoms. The number of nitro benzene ring substituents is 1. The topological polar surface area (TPSA) is 101 Å². The number of nitrogens with one attached hydrogen (secondary N) is 2. The zero-order valence-corrected chi connectivity index (χ0v) is 16.7. The normalized spacial score (nSPS) is 11.4. The third-order valence-electron chi connectivity index (χ3n) is 4.47. The maximum absolute atomic E-state index is 12.8. The lowest BCUT2D eigenvalue weighted by atomic mass is 10.1. The Morgan fingerprint density at radius 3 is 2.30 bits per heavy atom. The molecule has 2 N–H and O–H groups in total. The summed E-state index contributed by atoms with van der Waals surface area (Å²) in [7, 11) is 0. The van der Waals surface area contributed by atoms with Crippen molar-refractivity contribution in [2.45, 2.75) is 13.0 Å². The molecule has 0 radical (unpaired) electrons. The smallest absolute Gasteiger partial charge is 0.270 e. The van der Waals surface area contributed by atoms with E-state index in [0.717, 1.165) is 11.6 Å². The fraction of sp³-hybridized carbons (Fsp3) is 0.0909. The zero-order chi connectivity index (χ0) is 21.7. The van der Waals surface area contributed by atoms with Crippen LogP contribution in [0.3, 0.4) is 0 Å². The summed E-state index contributed by atoms with van der Waals surface area (Å²) in [6, 6.07) is 19.3. The Morgan fingerprint density at radius 2 is 1.60 bits per heavy atom. The predicted octanol–water partition coefficient (Wildman–Crippen LogP) is 4.99. The first-order chi connectivity index (χ1) is 14.4. The molecule has 0 fully saturated rings. The van der Waals surface area contributed by atoms with Crippen molar-refractivity contribution in [2.75, 3.05) is 5.32 Å². The van der Waals surface area contributed by atoms with E-state index in [1.165, 1.54) is 12.1 Å². The molecule has 0 aromatic heterocycles. The Hall–Kier alpha value is -3.71. The molecule has 0 aliphatic carbocycles. The Bertz CT molecular complexity index is 1100. The Labute approximate surface area is 177 Å². The van der Waals surface area contributed by atoms with Crippen molar-refractivity contribution in [3.63, 3.8) is 0 Å². The predicted molar refractivity (Wildman–Crippen MR) is 115 cm³/mol. The van der Waals surface area contributed by atoms with Gasteiger partial charge in [0.05, 0.1) is 32.8 Å². The van der Waals surface area contributed by atoms with E-state index in [-0.39, 0.29) is 39.5 Å². The van der Waals surface area contributed by atoms with Gasteiger partial charge in [-0.05, 0) is 30.7 Å². The number of anilines is 1. The average molecular weight is 424 g/mol. The average Bonchev–Trinajstić information content (AvgIpc) is 2.74. The van der Waals surface area contributed by atoms with Crippen molar-refractivity contribution in [1.82, 2.24) is 5.32 Å². The number of hydrogen-bond acceptors (Lipinski definition) is 4. The van der Waals surface area contributed by atoms with Gasteiger partial charge in [-0.25, -0.2) is 0 Å². The van der Waals surface area contributed by atoms with Gasteiger partial charge in [0.15, 0.2) is 0 Å². The molecule has 0 spiro atoms. The molecule has 7 nitrogen and oxygen atoms in total. The molecular weight excluding hydrogens is 406 g/mol. The SMILES string of the molecule is CC(NC(=O)c1ccccc1NC(=O)c1cc([N+](=O)[O-])ccc1Cl)c1ccccc1. The summed E-state index contributed by atoms with van der Waals surface area (Å²) in [5, 5.41) is 16.6. The maximum Gasteiger partial charge on any atom is 0.270 e. The summed E-state index contributed by atoms with van der Waals surface area (Å²) in [5.74, 6) is -1.02. The summed E-state index contributed by atoms with van der Waals surface area (Å²) in [4.78, 5) is 35.9. The van der Waals surface area contributed by atoms with Crippen LogP contribution >= 0.6 is 11.6 Å². The van der Waals surface area contributed by atoms with Crippen LogP contribution in [0.1, 0.15) is 39.2 Å². The van der Waals surface area contributed by atoms with Gasteiger partial charge in [-0.3, -0.25) is 19.7 Å². The lowest BCUT2D eigenvalue weighted by Crippen LogP contribution is -2.28. The molecule has 0 aliphatic heterocycles. The molecule has 3 aromatic rings. The number of rotatable bonds is 6. The highest BCUT2D eigenvalue weighted by atomic mass is 35.5. The van der Waals surface area contributed by atoms with Gasteiger partial charge in [0.2, 0.25) is 0 Å². The first-order valence-electron chi connectivity index (χ1n) is 9.07. The molecule has 0 saturated carbocycles. The summed E-state index contributed by atoms with van der Waals surface area (Å²) >= 11 is 6.04. The number of halogens is 1. The molecular formula is C22H18ClN3O4. The first-order valence-corrected chi connectivity index (χ1v) is 9.44. The second kappa shape index (κ2) is 9.19. The van der Waals surface area contributed by atoms with Gasteiger partial charge >= 0.3 is 0 Å². The van der Waals surface area contributed by atoms with E-state index in [9.17, 15) is 19.7 Å². The first kappa shape index (κ1) is 21.0. The number of benzene rings is 3. The van der Waals surface area contributed by atoms with E-state index < -0.39 is 10.8 Å². The molecule has 0 saturated heterocycles. The number of carbonyl (C=O) groups is 2. The summed E-state index contributed by atoms with van der Waals surface area (Å²) in [5.41, 5.74) is 1.15. The number of nitrogens with zero attached hydrogens (tertiary/aromatic N) is 1. The molecule has 2 amide bonds. The minimum absolute atomic E-state index is 0.0567. The van der Waals surface area contributed by atoms with Crippen LogP contribution in [0.5, 0.6) is 0 Å². The highest BCUT2D eigenvalue weighted by Crippen LogP contribution is 2.24. The number of hydrogen-bond donors (Lipinski definition) is 2. The molecule has 0 aliphatic rings. The quantitative estimate of drug-likeness (QED) is 0.430. The van der Waals surface area contributed by atoms with E-state index in [0.29, 0.717) is 0 Å². The van der Waals surface area contributed by atoms with Crippen LogP contribution < -0.4 is 10.6 Å². The van der Waals surface area contributed by atoms with Gasteiger partial charge in [-0.1, -0.05) is 54.1 Å². The molecule has 1 atom stereocenters. The van der Waals surface area contributed by atoms with E-state index >= 15 is 0 Å². The number of nitro groups is 1. The van der Waals surface area contributed by atoms with E-state index in [1.54, 1.807) is 24.3 Å². The van der Waals surface area contributed by atoms with Gasteiger partial charge < -0.3 is 10.6 Å². The fourth-order valence-corrected chi connectivity index (χ4v) is 3.08. The van der Waals surface area contributed by atoms with Gasteiger partial charge in [0, 0.05) is 12.1 Å². The molecule has 0 bridgehead atoms. The molecule has 30 heavy (non-hydrogen) atoms. The zero-order valence-electron chi connectivity index (χ0n) is 16.0. The highest BCUT2D eigenvalue weighted by molar-refractivity contribution is 6.34. The largest absolute Gasteiger partial charge is 0.345 e. The fourth-order valence-electron chi connectivity index (χ4n) is 2.88. The van der Waals surface area contributed by atoms with Crippen molar-refractivity contribution >= 4 is 34.8 Å². The summed E-state index contributed by atoms with van der Waals surface area (Å²) in [6.45, 7) is 1.86. The van der Waals surface area contributed by atoms with Crippen molar-refractivity contribution in [2.24, 2.45) is 0 Å². The van der Waals surface area contributed by atoms with E-state index in [4.69, 9.17) is 11.6 Å².